The van der Waals surface area contributed by atoms with E-state index in [0.717, 1.165) is 0 Å². The molecule has 1 aliphatic rings. The molecule has 0 bridgehead atoms. The average molecular weight is 252 g/mol. The third-order valence-electron chi connectivity index (χ3n) is 3.11. The Balaban J connectivity index is 2.33. The topological polar surface area (TPSA) is 55.6 Å². The molecular formula is C13H17FN2O2. The summed E-state index contributed by atoms with van der Waals surface area (Å²) < 4.78 is 19.0. The Labute approximate surface area is 106 Å². The predicted molar refractivity (Wildman–Crippen MR) is 66.7 cm³/mol. The van der Waals surface area contributed by atoms with Gasteiger partial charge in [-0.3, -0.25) is 4.79 Å². The van der Waals surface area contributed by atoms with E-state index in [1.807, 2.05) is 13.8 Å². The Kier molecular flexibility index (Phi) is 3.26. The van der Waals surface area contributed by atoms with Gasteiger partial charge in [0.2, 0.25) is 0 Å². The van der Waals surface area contributed by atoms with Crippen molar-refractivity contribution in [3.63, 3.8) is 0 Å². The molecule has 0 spiro atoms. The van der Waals surface area contributed by atoms with Crippen molar-refractivity contribution in [2.24, 2.45) is 0 Å². The maximum Gasteiger partial charge on any atom is 0.257 e. The number of nitrogen functional groups attached to an aromatic ring is 1. The van der Waals surface area contributed by atoms with E-state index >= 15 is 0 Å². The Hall–Kier alpha value is -1.62. The molecule has 0 unspecified atom stereocenters. The van der Waals surface area contributed by atoms with E-state index in [0.29, 0.717) is 25.4 Å². The van der Waals surface area contributed by atoms with Gasteiger partial charge in [0.05, 0.1) is 24.3 Å². The second kappa shape index (κ2) is 4.57. The van der Waals surface area contributed by atoms with E-state index in [-0.39, 0.29) is 11.5 Å². The summed E-state index contributed by atoms with van der Waals surface area (Å²) in [4.78, 5) is 14.0. The molecule has 1 amide bonds. The fraction of sp³-hybridized carbons (Fsp3) is 0.462. The highest BCUT2D eigenvalue weighted by atomic mass is 19.1. The Morgan fingerprint density at radius 3 is 2.89 bits per heavy atom. The zero-order valence-electron chi connectivity index (χ0n) is 10.6. The van der Waals surface area contributed by atoms with Gasteiger partial charge in [-0.1, -0.05) is 0 Å². The molecule has 0 saturated carbocycles. The van der Waals surface area contributed by atoms with Crippen LogP contribution in [0.3, 0.4) is 0 Å². The van der Waals surface area contributed by atoms with Crippen molar-refractivity contribution >= 4 is 11.6 Å². The Bertz CT molecular complexity index is 474. The van der Waals surface area contributed by atoms with E-state index in [1.54, 1.807) is 4.90 Å². The molecular weight excluding hydrogens is 235 g/mol. The summed E-state index contributed by atoms with van der Waals surface area (Å²) in [6.45, 7) is 5.17. The van der Waals surface area contributed by atoms with Gasteiger partial charge in [-0.15, -0.1) is 0 Å². The lowest BCUT2D eigenvalue weighted by Crippen LogP contribution is -2.55. The molecule has 18 heavy (non-hydrogen) atoms. The quantitative estimate of drug-likeness (QED) is 0.773. The summed E-state index contributed by atoms with van der Waals surface area (Å²) in [5.41, 5.74) is 5.56. The van der Waals surface area contributed by atoms with Gasteiger partial charge in [0, 0.05) is 12.2 Å². The van der Waals surface area contributed by atoms with Crippen molar-refractivity contribution in [1.82, 2.24) is 4.90 Å². The van der Waals surface area contributed by atoms with Gasteiger partial charge in [-0.2, -0.15) is 0 Å². The van der Waals surface area contributed by atoms with Crippen LogP contribution in [0, 0.1) is 5.82 Å². The van der Waals surface area contributed by atoms with E-state index < -0.39 is 11.4 Å². The molecule has 1 saturated heterocycles. The number of hydrogen-bond acceptors (Lipinski definition) is 3. The summed E-state index contributed by atoms with van der Waals surface area (Å²) in [7, 11) is 0. The monoisotopic (exact) mass is 252 g/mol. The lowest BCUT2D eigenvalue weighted by molar-refractivity contribution is -0.0372. The number of morpholine rings is 1. The van der Waals surface area contributed by atoms with Crippen molar-refractivity contribution in [1.29, 1.82) is 0 Å². The highest BCUT2D eigenvalue weighted by Crippen LogP contribution is 2.23. The second-order valence-electron chi connectivity index (χ2n) is 5.06. The molecule has 0 aliphatic carbocycles. The minimum atomic E-state index is -0.545. The van der Waals surface area contributed by atoms with Crippen molar-refractivity contribution in [2.75, 3.05) is 25.5 Å². The van der Waals surface area contributed by atoms with Crippen LogP contribution >= 0.6 is 0 Å². The number of benzene rings is 1. The first-order chi connectivity index (χ1) is 8.42. The minimum absolute atomic E-state index is 0.0185. The molecule has 2 N–H and O–H groups in total. The molecule has 98 valence electrons. The first-order valence-corrected chi connectivity index (χ1v) is 5.86. The first-order valence-electron chi connectivity index (χ1n) is 5.86. The molecule has 0 radical (unpaired) electrons. The molecule has 4 nitrogen and oxygen atoms in total. The molecule has 2 rings (SSSR count). The van der Waals surface area contributed by atoms with Crippen molar-refractivity contribution < 1.29 is 13.9 Å². The first kappa shape index (κ1) is 12.8. The number of amides is 1. The Morgan fingerprint density at radius 2 is 2.22 bits per heavy atom. The number of hydrogen-bond donors (Lipinski definition) is 1. The maximum absolute atomic E-state index is 13.7. The third kappa shape index (κ3) is 2.31. The number of ether oxygens (including phenoxy) is 1. The van der Waals surface area contributed by atoms with E-state index in [9.17, 15) is 9.18 Å². The van der Waals surface area contributed by atoms with Gasteiger partial charge in [0.1, 0.15) is 5.82 Å². The zero-order valence-corrected chi connectivity index (χ0v) is 10.6. The summed E-state index contributed by atoms with van der Waals surface area (Å²) in [5, 5.41) is 0. The van der Waals surface area contributed by atoms with E-state index in [2.05, 4.69) is 0 Å². The fourth-order valence-corrected chi connectivity index (χ4v) is 2.09. The number of halogens is 1. The largest absolute Gasteiger partial charge is 0.399 e. The number of rotatable bonds is 1. The van der Waals surface area contributed by atoms with Gasteiger partial charge in [0.15, 0.2) is 0 Å². The van der Waals surface area contributed by atoms with Gasteiger partial charge in [-0.25, -0.2) is 4.39 Å². The lowest BCUT2D eigenvalue weighted by atomic mass is 10.0. The highest BCUT2D eigenvalue weighted by molar-refractivity contribution is 5.95. The summed E-state index contributed by atoms with van der Waals surface area (Å²) >= 11 is 0. The van der Waals surface area contributed by atoms with Crippen molar-refractivity contribution in [3.05, 3.63) is 29.6 Å². The van der Waals surface area contributed by atoms with Crippen molar-refractivity contribution in [2.45, 2.75) is 19.4 Å². The van der Waals surface area contributed by atoms with Crippen molar-refractivity contribution in [3.8, 4) is 0 Å². The summed E-state index contributed by atoms with van der Waals surface area (Å²) in [6, 6.07) is 4.04. The summed E-state index contributed by atoms with van der Waals surface area (Å²) in [5.74, 6) is -0.885. The number of carbonyl (C=O) groups excluding carboxylic acids is 1. The molecule has 1 aromatic carbocycles. The lowest BCUT2D eigenvalue weighted by Gasteiger charge is -2.42. The van der Waals surface area contributed by atoms with Crippen LogP contribution in [-0.4, -0.2) is 36.1 Å². The van der Waals surface area contributed by atoms with Gasteiger partial charge < -0.3 is 15.4 Å². The van der Waals surface area contributed by atoms with Crippen LogP contribution in [0.4, 0.5) is 10.1 Å². The standard InChI is InChI=1S/C13H17FN2O2/c1-13(2)8-18-6-5-16(13)12(17)10-7-9(15)3-4-11(10)14/h3-4,7H,5-6,8,15H2,1-2H3. The molecule has 1 fully saturated rings. The van der Waals surface area contributed by atoms with Crippen LogP contribution in [0.15, 0.2) is 18.2 Å². The molecule has 0 aromatic heterocycles. The van der Waals surface area contributed by atoms with Gasteiger partial charge >= 0.3 is 0 Å². The normalized spacial score (nSPS) is 18.7. The fourth-order valence-electron chi connectivity index (χ4n) is 2.09. The minimum Gasteiger partial charge on any atom is -0.399 e. The second-order valence-corrected chi connectivity index (χ2v) is 5.06. The molecule has 0 atom stereocenters. The number of carbonyl (C=O) groups is 1. The maximum atomic E-state index is 13.7. The van der Waals surface area contributed by atoms with Gasteiger partial charge in [0.25, 0.3) is 5.91 Å². The van der Waals surface area contributed by atoms with Crippen LogP contribution < -0.4 is 5.73 Å². The number of nitrogens with zero attached hydrogens (tertiary/aromatic N) is 1. The molecule has 1 aliphatic heterocycles. The van der Waals surface area contributed by atoms with Crippen LogP contribution in [0.1, 0.15) is 24.2 Å². The molecule has 1 heterocycles. The van der Waals surface area contributed by atoms with E-state index in [1.165, 1.54) is 18.2 Å². The Morgan fingerprint density at radius 1 is 1.50 bits per heavy atom. The zero-order chi connectivity index (χ0) is 13.3. The molecule has 5 heteroatoms. The van der Waals surface area contributed by atoms with Crippen LogP contribution in [0.25, 0.3) is 0 Å². The van der Waals surface area contributed by atoms with Gasteiger partial charge in [-0.05, 0) is 32.0 Å². The van der Waals surface area contributed by atoms with E-state index in [4.69, 9.17) is 10.5 Å². The SMILES string of the molecule is CC1(C)COCCN1C(=O)c1cc(N)ccc1F. The number of nitrogens with two attached hydrogens (primary N) is 1. The van der Waals surface area contributed by atoms with Crippen LogP contribution in [-0.2, 0) is 4.74 Å². The van der Waals surface area contributed by atoms with Crippen LogP contribution in [0.2, 0.25) is 0 Å². The average Bonchev–Trinajstić information content (AvgIpc) is 2.31. The van der Waals surface area contributed by atoms with Crippen LogP contribution in [0.5, 0.6) is 0 Å². The smallest absolute Gasteiger partial charge is 0.257 e. The highest BCUT2D eigenvalue weighted by Gasteiger charge is 2.35. The summed E-state index contributed by atoms with van der Waals surface area (Å²) in [6.07, 6.45) is 0. The predicted octanol–water partition coefficient (Wildman–Crippen LogP) is 1.66. The number of anilines is 1. The molecule has 1 aromatic rings. The third-order valence-corrected chi connectivity index (χ3v) is 3.11.